The van der Waals surface area contributed by atoms with Crippen molar-refractivity contribution in [3.63, 3.8) is 0 Å². The Labute approximate surface area is 205 Å². The fourth-order valence-corrected chi connectivity index (χ4v) is 6.11. The zero-order valence-electron chi connectivity index (χ0n) is 19.5. The van der Waals surface area contributed by atoms with Crippen LogP contribution in [0, 0.1) is 0 Å². The number of carbonyl (C=O) groups is 2. The van der Waals surface area contributed by atoms with E-state index in [0.717, 1.165) is 16.9 Å². The number of thiazole rings is 1. The predicted octanol–water partition coefficient (Wildman–Crippen LogP) is 1.65. The molecule has 1 saturated heterocycles. The van der Waals surface area contributed by atoms with Crippen molar-refractivity contribution in [3.8, 4) is 0 Å². The van der Waals surface area contributed by atoms with Crippen LogP contribution in [-0.2, 0) is 4.79 Å². The average molecular weight is 489 g/mol. The summed E-state index contributed by atoms with van der Waals surface area (Å²) in [6.07, 6.45) is -1.05. The quantitative estimate of drug-likeness (QED) is 0.607. The molecule has 2 atom stereocenters. The lowest BCUT2D eigenvalue weighted by Gasteiger charge is -2.28. The van der Waals surface area contributed by atoms with Crippen molar-refractivity contribution in [2.24, 2.45) is 4.99 Å². The second-order valence-corrected chi connectivity index (χ2v) is 9.88. The smallest absolute Gasteiger partial charge is 0.305 e. The number of amides is 3. The minimum atomic E-state index is -0.542. The number of para-hydroxylation sites is 2. The molecule has 1 fully saturated rings. The van der Waals surface area contributed by atoms with Crippen molar-refractivity contribution in [2.75, 3.05) is 21.8 Å². The van der Waals surface area contributed by atoms with E-state index in [2.05, 4.69) is 5.43 Å². The van der Waals surface area contributed by atoms with Gasteiger partial charge in [0.15, 0.2) is 12.3 Å². The Morgan fingerprint density at radius 3 is 2.46 bits per heavy atom. The maximum absolute atomic E-state index is 13.6. The van der Waals surface area contributed by atoms with Crippen LogP contribution in [-0.4, -0.2) is 46.4 Å². The molecule has 3 aromatic rings. The third-order valence-electron chi connectivity index (χ3n) is 6.60. The molecule has 10 heteroatoms. The Hall–Kier alpha value is -3.92. The number of rotatable bonds is 3. The van der Waals surface area contributed by atoms with Crippen LogP contribution >= 0.6 is 11.3 Å². The van der Waals surface area contributed by atoms with E-state index in [-0.39, 0.29) is 23.5 Å². The van der Waals surface area contributed by atoms with Crippen LogP contribution in [0.5, 0.6) is 0 Å². The molecule has 3 aliphatic rings. The Balaban J connectivity index is 1.56. The summed E-state index contributed by atoms with van der Waals surface area (Å²) < 4.78 is 1.73. The van der Waals surface area contributed by atoms with Gasteiger partial charge >= 0.3 is 6.03 Å². The van der Waals surface area contributed by atoms with Crippen LogP contribution < -0.4 is 30.1 Å². The molecule has 2 aromatic carbocycles. The van der Waals surface area contributed by atoms with Gasteiger partial charge in [0.1, 0.15) is 4.53 Å². The maximum atomic E-state index is 13.6. The highest BCUT2D eigenvalue weighted by Crippen LogP contribution is 2.36. The van der Waals surface area contributed by atoms with Gasteiger partial charge in [-0.1, -0.05) is 47.7 Å². The average Bonchev–Trinajstić information content (AvgIpc) is 3.43. The van der Waals surface area contributed by atoms with E-state index < -0.39 is 12.3 Å². The Morgan fingerprint density at radius 2 is 1.74 bits per heavy atom. The largest absolute Gasteiger partial charge is 0.328 e. The van der Waals surface area contributed by atoms with Crippen molar-refractivity contribution < 1.29 is 9.59 Å². The van der Waals surface area contributed by atoms with E-state index in [9.17, 15) is 14.4 Å². The number of benzene rings is 2. The summed E-state index contributed by atoms with van der Waals surface area (Å²) in [5.41, 5.74) is 5.58. The topological polar surface area (TPSA) is 90.2 Å². The van der Waals surface area contributed by atoms with Crippen LogP contribution in [0.25, 0.3) is 5.57 Å². The molecule has 9 nitrogen and oxygen atoms in total. The summed E-state index contributed by atoms with van der Waals surface area (Å²) in [6, 6.07) is 16.7. The molecule has 0 spiro atoms. The SMILES string of the molecule is CCN1C(=O)N(c2ccccc2)C2N=c3s/c(=C4\C(=O)N(C(C)C)c5ccccc54)c(=O)n3NC21. The summed E-state index contributed by atoms with van der Waals surface area (Å²) in [5, 5.41) is 0. The number of nitrogens with one attached hydrogen (secondary N) is 1. The van der Waals surface area contributed by atoms with Gasteiger partial charge in [-0.15, -0.1) is 0 Å². The zero-order chi connectivity index (χ0) is 24.4. The summed E-state index contributed by atoms with van der Waals surface area (Å²) in [4.78, 5) is 50.6. The molecular formula is C25H24N6O3S. The molecule has 3 aliphatic heterocycles. The molecule has 35 heavy (non-hydrogen) atoms. The second kappa shape index (κ2) is 7.81. The minimum absolute atomic E-state index is 0.0517. The first-order valence-corrected chi connectivity index (χ1v) is 12.4. The van der Waals surface area contributed by atoms with Crippen LogP contribution in [0.15, 0.2) is 64.4 Å². The number of carbonyl (C=O) groups excluding carboxylic acids is 2. The first-order chi connectivity index (χ1) is 16.9. The van der Waals surface area contributed by atoms with Crippen LogP contribution in [0.2, 0.25) is 0 Å². The van der Waals surface area contributed by atoms with Crippen LogP contribution in [0.3, 0.4) is 0 Å². The molecule has 4 heterocycles. The third kappa shape index (κ3) is 2.99. The normalized spacial score (nSPS) is 22.2. The van der Waals surface area contributed by atoms with Gasteiger partial charge in [-0.25, -0.2) is 9.79 Å². The number of hydrogen-bond donors (Lipinski definition) is 1. The molecule has 6 rings (SSSR count). The Morgan fingerprint density at radius 1 is 1.03 bits per heavy atom. The molecule has 0 aliphatic carbocycles. The van der Waals surface area contributed by atoms with Crippen molar-refractivity contribution in [2.45, 2.75) is 39.1 Å². The van der Waals surface area contributed by atoms with Gasteiger partial charge in [-0.05, 0) is 39.0 Å². The van der Waals surface area contributed by atoms with Crippen molar-refractivity contribution in [1.29, 1.82) is 0 Å². The highest BCUT2D eigenvalue weighted by Gasteiger charge is 2.48. The van der Waals surface area contributed by atoms with Gasteiger partial charge in [0.25, 0.3) is 11.5 Å². The Kier molecular flexibility index (Phi) is 4.82. The van der Waals surface area contributed by atoms with Crippen molar-refractivity contribution >= 4 is 40.2 Å². The number of nitrogens with zero attached hydrogens (tertiary/aromatic N) is 5. The van der Waals surface area contributed by atoms with E-state index in [1.54, 1.807) is 14.7 Å². The lowest BCUT2D eigenvalue weighted by molar-refractivity contribution is -0.113. The highest BCUT2D eigenvalue weighted by molar-refractivity contribution is 7.07. The fraction of sp³-hybridized carbons (Fsp3) is 0.280. The van der Waals surface area contributed by atoms with Crippen molar-refractivity contribution in [1.82, 2.24) is 9.58 Å². The molecule has 0 radical (unpaired) electrons. The van der Waals surface area contributed by atoms with Gasteiger partial charge in [-0.2, -0.15) is 4.68 Å². The maximum Gasteiger partial charge on any atom is 0.328 e. The number of fused-ring (bicyclic) bond motifs is 3. The lowest BCUT2D eigenvalue weighted by Crippen LogP contribution is -2.55. The van der Waals surface area contributed by atoms with Gasteiger partial charge < -0.3 is 4.90 Å². The lowest BCUT2D eigenvalue weighted by atomic mass is 10.1. The van der Waals surface area contributed by atoms with Gasteiger partial charge in [0.05, 0.1) is 11.3 Å². The standard InChI is InChI=1S/C25H24N6O3S/c1-4-28-21-20(30(25(28)34)15-10-6-5-7-11-15)26-24-31(27-21)23(33)19(35-24)18-16-12-8-9-13-17(16)29(14(2)3)22(18)32/h5-14,20-21,27H,4H2,1-3H3/b19-18-. The summed E-state index contributed by atoms with van der Waals surface area (Å²) in [7, 11) is 0. The van der Waals surface area contributed by atoms with Gasteiger partial charge in [0.2, 0.25) is 4.80 Å². The van der Waals surface area contributed by atoms with Crippen LogP contribution in [0.4, 0.5) is 16.2 Å². The summed E-state index contributed by atoms with van der Waals surface area (Å²) in [5.74, 6) is -0.186. The molecule has 1 aromatic heterocycles. The molecule has 178 valence electrons. The minimum Gasteiger partial charge on any atom is -0.305 e. The van der Waals surface area contributed by atoms with Gasteiger partial charge in [-0.3, -0.25) is 24.8 Å². The molecule has 3 amide bonds. The second-order valence-electron chi connectivity index (χ2n) is 8.91. The first-order valence-electron chi connectivity index (χ1n) is 11.6. The monoisotopic (exact) mass is 488 g/mol. The molecule has 2 unspecified atom stereocenters. The van der Waals surface area contributed by atoms with E-state index in [0.29, 0.717) is 21.5 Å². The molecule has 1 N–H and O–H groups in total. The number of anilines is 2. The van der Waals surface area contributed by atoms with Gasteiger partial charge in [0, 0.05) is 23.8 Å². The number of hydrogen-bond acceptors (Lipinski definition) is 6. The van der Waals surface area contributed by atoms with Crippen molar-refractivity contribution in [3.05, 3.63) is 79.8 Å². The van der Waals surface area contributed by atoms with E-state index >= 15 is 0 Å². The third-order valence-corrected chi connectivity index (χ3v) is 7.66. The molecule has 0 bridgehead atoms. The van der Waals surface area contributed by atoms with Crippen LogP contribution in [0.1, 0.15) is 26.3 Å². The summed E-state index contributed by atoms with van der Waals surface area (Å²) >= 11 is 1.18. The number of aromatic nitrogens is 1. The fourth-order valence-electron chi connectivity index (χ4n) is 5.06. The van der Waals surface area contributed by atoms with E-state index in [1.807, 2.05) is 75.4 Å². The molecule has 0 saturated carbocycles. The number of likely N-dealkylation sites (N-methyl/N-ethyl adjacent to an activating group) is 1. The predicted molar refractivity (Wildman–Crippen MR) is 135 cm³/mol. The summed E-state index contributed by atoms with van der Waals surface area (Å²) in [6.45, 7) is 6.26. The van der Waals surface area contributed by atoms with E-state index in [1.165, 1.54) is 16.0 Å². The first kappa shape index (κ1) is 21.6. The zero-order valence-corrected chi connectivity index (χ0v) is 20.3. The van der Waals surface area contributed by atoms with E-state index in [4.69, 9.17) is 4.99 Å². The highest BCUT2D eigenvalue weighted by atomic mass is 32.1. The number of urea groups is 1. The molecular weight excluding hydrogens is 464 g/mol. The Bertz CT molecular complexity index is 1540.